The van der Waals surface area contributed by atoms with E-state index in [1.165, 1.54) is 0 Å². The second-order valence-electron chi connectivity index (χ2n) is 8.19. The number of fused-ring (bicyclic) bond motifs is 1. The third-order valence-corrected chi connectivity index (χ3v) is 6.22. The normalized spacial score (nSPS) is 17.7. The molecule has 2 fully saturated rings. The van der Waals surface area contributed by atoms with E-state index in [0.717, 1.165) is 48.3 Å². The van der Waals surface area contributed by atoms with Gasteiger partial charge in [-0.1, -0.05) is 0 Å². The summed E-state index contributed by atoms with van der Waals surface area (Å²) in [6.45, 7) is 4.30. The van der Waals surface area contributed by atoms with E-state index in [1.54, 1.807) is 7.05 Å². The minimum atomic E-state index is -0.0312. The van der Waals surface area contributed by atoms with E-state index in [9.17, 15) is 4.79 Å². The molecule has 0 atom stereocenters. The third-order valence-electron chi connectivity index (χ3n) is 6.22. The molecule has 10 nitrogen and oxygen atoms in total. The van der Waals surface area contributed by atoms with Crippen molar-refractivity contribution in [2.45, 2.75) is 18.9 Å². The number of nitrogens with one attached hydrogen (secondary N) is 1. The number of hydrogen-bond acceptors (Lipinski definition) is 7. The molecule has 168 valence electrons. The molecule has 3 aromatic rings. The standard InChI is InChI=1S/C22H28N8O2/c1-24-22(31)29-8-6-17(7-9-29)30-21-18(14-25-30)20(28-10-12-32-13-11-28)26-19(27-21)15-2-4-16(23)5-3-15/h2-5,14,17H,6-13,23H2,1H3,(H,24,31). The Morgan fingerprint density at radius 1 is 1.09 bits per heavy atom. The van der Waals surface area contributed by atoms with Gasteiger partial charge in [0.1, 0.15) is 5.82 Å². The monoisotopic (exact) mass is 436 g/mol. The summed E-state index contributed by atoms with van der Waals surface area (Å²) in [5.74, 6) is 1.54. The van der Waals surface area contributed by atoms with Gasteiger partial charge < -0.3 is 25.6 Å². The Bertz CT molecular complexity index is 1100. The van der Waals surface area contributed by atoms with Crippen LogP contribution in [0.3, 0.4) is 0 Å². The molecular formula is C22H28N8O2. The van der Waals surface area contributed by atoms with Crippen molar-refractivity contribution in [2.75, 3.05) is 57.1 Å². The zero-order chi connectivity index (χ0) is 22.1. The maximum absolute atomic E-state index is 12.0. The van der Waals surface area contributed by atoms with Gasteiger partial charge in [-0.05, 0) is 37.1 Å². The van der Waals surface area contributed by atoms with Crippen LogP contribution in [-0.4, -0.2) is 77.1 Å². The van der Waals surface area contributed by atoms with Crippen molar-refractivity contribution in [3.63, 3.8) is 0 Å². The number of nitrogens with zero attached hydrogens (tertiary/aromatic N) is 6. The first-order chi connectivity index (χ1) is 15.6. The maximum atomic E-state index is 12.0. The van der Waals surface area contributed by atoms with Crippen LogP contribution in [0.1, 0.15) is 18.9 Å². The van der Waals surface area contributed by atoms with Crippen molar-refractivity contribution >= 4 is 28.6 Å². The van der Waals surface area contributed by atoms with Gasteiger partial charge in [-0.25, -0.2) is 19.4 Å². The number of nitrogen functional groups attached to an aromatic ring is 1. The second-order valence-corrected chi connectivity index (χ2v) is 8.19. The summed E-state index contributed by atoms with van der Waals surface area (Å²) in [7, 11) is 1.66. The first-order valence-electron chi connectivity index (χ1n) is 11.0. The Balaban J connectivity index is 1.54. The van der Waals surface area contributed by atoms with E-state index < -0.39 is 0 Å². The van der Waals surface area contributed by atoms with E-state index in [2.05, 4.69) is 10.2 Å². The molecule has 1 aromatic carbocycles. The summed E-state index contributed by atoms with van der Waals surface area (Å²) in [6, 6.07) is 7.77. The molecule has 0 unspecified atom stereocenters. The molecular weight excluding hydrogens is 408 g/mol. The Morgan fingerprint density at radius 3 is 2.50 bits per heavy atom. The number of amides is 2. The molecule has 2 saturated heterocycles. The number of nitrogens with two attached hydrogens (primary N) is 1. The van der Waals surface area contributed by atoms with Crippen LogP contribution in [0.5, 0.6) is 0 Å². The number of aromatic nitrogens is 4. The van der Waals surface area contributed by atoms with Gasteiger partial charge in [-0.15, -0.1) is 0 Å². The zero-order valence-electron chi connectivity index (χ0n) is 18.2. The fourth-order valence-corrected chi connectivity index (χ4v) is 4.43. The van der Waals surface area contributed by atoms with Crippen LogP contribution in [-0.2, 0) is 4.74 Å². The van der Waals surface area contributed by atoms with Crippen LogP contribution >= 0.6 is 0 Å². The van der Waals surface area contributed by atoms with Gasteiger partial charge in [0.2, 0.25) is 0 Å². The van der Waals surface area contributed by atoms with Crippen LogP contribution < -0.4 is 16.0 Å². The predicted octanol–water partition coefficient (Wildman–Crippen LogP) is 1.89. The van der Waals surface area contributed by atoms with Gasteiger partial charge in [-0.3, -0.25) is 0 Å². The minimum absolute atomic E-state index is 0.0312. The smallest absolute Gasteiger partial charge is 0.317 e. The lowest BCUT2D eigenvalue weighted by Gasteiger charge is -2.32. The Labute approximate surface area is 186 Å². The number of carbonyl (C=O) groups excluding carboxylic acids is 1. The Hall–Kier alpha value is -3.40. The van der Waals surface area contributed by atoms with E-state index in [-0.39, 0.29) is 12.1 Å². The molecule has 4 heterocycles. The number of carbonyl (C=O) groups is 1. The van der Waals surface area contributed by atoms with Gasteiger partial charge in [0.05, 0.1) is 30.8 Å². The SMILES string of the molecule is CNC(=O)N1CCC(n2ncc3c(N4CCOCC4)nc(-c4ccc(N)cc4)nc32)CC1. The van der Waals surface area contributed by atoms with Gasteiger partial charge >= 0.3 is 6.03 Å². The number of hydrogen-bond donors (Lipinski definition) is 2. The van der Waals surface area contributed by atoms with Gasteiger partial charge in [0.25, 0.3) is 0 Å². The zero-order valence-corrected chi connectivity index (χ0v) is 18.2. The van der Waals surface area contributed by atoms with Crippen LogP contribution in [0.4, 0.5) is 16.3 Å². The van der Waals surface area contributed by atoms with Gasteiger partial charge in [0.15, 0.2) is 11.5 Å². The molecule has 2 aliphatic rings. The van der Waals surface area contributed by atoms with Gasteiger partial charge in [0, 0.05) is 44.5 Å². The van der Waals surface area contributed by atoms with Gasteiger partial charge in [-0.2, -0.15) is 5.10 Å². The van der Waals surface area contributed by atoms with Crippen molar-refractivity contribution in [1.82, 2.24) is 30.0 Å². The van der Waals surface area contributed by atoms with Crippen molar-refractivity contribution in [3.05, 3.63) is 30.5 Å². The number of anilines is 2. The van der Waals surface area contributed by atoms with Crippen molar-refractivity contribution < 1.29 is 9.53 Å². The Morgan fingerprint density at radius 2 is 1.81 bits per heavy atom. The first-order valence-corrected chi connectivity index (χ1v) is 11.0. The number of likely N-dealkylation sites (tertiary alicyclic amines) is 1. The van der Waals surface area contributed by atoms with E-state index in [1.807, 2.05) is 40.0 Å². The minimum Gasteiger partial charge on any atom is -0.399 e. The van der Waals surface area contributed by atoms with E-state index in [0.29, 0.717) is 37.8 Å². The topological polar surface area (TPSA) is 114 Å². The van der Waals surface area contributed by atoms with E-state index >= 15 is 0 Å². The lowest BCUT2D eigenvalue weighted by Crippen LogP contribution is -2.43. The highest BCUT2D eigenvalue weighted by Crippen LogP contribution is 2.32. The number of morpholine rings is 1. The quantitative estimate of drug-likeness (QED) is 0.603. The Kier molecular flexibility index (Phi) is 5.52. The van der Waals surface area contributed by atoms with Crippen molar-refractivity contribution in [1.29, 1.82) is 0 Å². The number of benzene rings is 1. The lowest BCUT2D eigenvalue weighted by molar-refractivity contribution is 0.122. The molecule has 0 aliphatic carbocycles. The molecule has 32 heavy (non-hydrogen) atoms. The third kappa shape index (κ3) is 3.81. The summed E-state index contributed by atoms with van der Waals surface area (Å²) in [4.78, 5) is 25.9. The molecule has 5 rings (SSSR count). The number of ether oxygens (including phenoxy) is 1. The average Bonchev–Trinajstić information content (AvgIpc) is 3.28. The van der Waals surface area contributed by atoms with Crippen molar-refractivity contribution in [3.8, 4) is 11.4 Å². The molecule has 0 spiro atoms. The summed E-state index contributed by atoms with van der Waals surface area (Å²) in [6.07, 6.45) is 3.54. The second kappa shape index (κ2) is 8.62. The summed E-state index contributed by atoms with van der Waals surface area (Å²) in [5, 5.41) is 8.38. The highest BCUT2D eigenvalue weighted by Gasteiger charge is 2.27. The fraction of sp³-hybridized carbons (Fsp3) is 0.455. The fourth-order valence-electron chi connectivity index (χ4n) is 4.43. The molecule has 3 N–H and O–H groups in total. The van der Waals surface area contributed by atoms with Crippen LogP contribution in [0.15, 0.2) is 30.5 Å². The molecule has 2 amide bonds. The van der Waals surface area contributed by atoms with E-state index in [4.69, 9.17) is 25.5 Å². The highest BCUT2D eigenvalue weighted by atomic mass is 16.5. The van der Waals surface area contributed by atoms with Crippen molar-refractivity contribution in [2.24, 2.45) is 0 Å². The molecule has 2 aromatic heterocycles. The van der Waals surface area contributed by atoms with Crippen LogP contribution in [0, 0.1) is 0 Å². The first kappa shape index (κ1) is 20.5. The highest BCUT2D eigenvalue weighted by molar-refractivity contribution is 5.89. The van der Waals surface area contributed by atoms with Crippen LogP contribution in [0.25, 0.3) is 22.4 Å². The summed E-state index contributed by atoms with van der Waals surface area (Å²) in [5.41, 5.74) is 8.33. The number of piperidine rings is 1. The number of rotatable bonds is 3. The predicted molar refractivity (Wildman–Crippen MR) is 123 cm³/mol. The molecule has 0 saturated carbocycles. The van der Waals surface area contributed by atoms with Crippen LogP contribution in [0.2, 0.25) is 0 Å². The lowest BCUT2D eigenvalue weighted by atomic mass is 10.1. The largest absolute Gasteiger partial charge is 0.399 e. The number of urea groups is 1. The summed E-state index contributed by atoms with van der Waals surface area (Å²) >= 11 is 0. The molecule has 0 radical (unpaired) electrons. The maximum Gasteiger partial charge on any atom is 0.317 e. The molecule has 2 aliphatic heterocycles. The average molecular weight is 437 g/mol. The molecule has 0 bridgehead atoms. The summed E-state index contributed by atoms with van der Waals surface area (Å²) < 4.78 is 7.56. The molecule has 10 heteroatoms.